The van der Waals surface area contributed by atoms with Gasteiger partial charge in [0.2, 0.25) is 0 Å². The molecule has 0 atom stereocenters. The molecular formula is C16H25NO. The van der Waals surface area contributed by atoms with Gasteiger partial charge in [0.1, 0.15) is 5.75 Å². The fourth-order valence-corrected chi connectivity index (χ4v) is 2.24. The molecule has 1 saturated carbocycles. The fraction of sp³-hybridized carbons (Fsp3) is 0.625. The average molecular weight is 247 g/mol. The van der Waals surface area contributed by atoms with Crippen LogP contribution in [0.15, 0.2) is 12.1 Å². The largest absolute Gasteiger partial charge is 0.493 e. The van der Waals surface area contributed by atoms with Gasteiger partial charge >= 0.3 is 0 Å². The SMILES string of the molecule is CCCCOc1c(C)cc(CNC2CC2)cc1C. The van der Waals surface area contributed by atoms with Crippen LogP contribution in [0.1, 0.15) is 49.3 Å². The van der Waals surface area contributed by atoms with E-state index in [-0.39, 0.29) is 0 Å². The van der Waals surface area contributed by atoms with Crippen molar-refractivity contribution < 1.29 is 4.74 Å². The Labute approximate surface area is 111 Å². The topological polar surface area (TPSA) is 21.3 Å². The molecule has 1 fully saturated rings. The van der Waals surface area contributed by atoms with Crippen LogP contribution in [0.2, 0.25) is 0 Å². The standard InChI is InChI=1S/C16H25NO/c1-4-5-8-18-16-12(2)9-14(10-13(16)3)11-17-15-6-7-15/h9-10,15,17H,4-8,11H2,1-3H3. The molecule has 18 heavy (non-hydrogen) atoms. The van der Waals surface area contributed by atoms with Gasteiger partial charge < -0.3 is 10.1 Å². The molecular weight excluding hydrogens is 222 g/mol. The Morgan fingerprint density at radius 2 is 1.89 bits per heavy atom. The molecule has 2 heteroatoms. The summed E-state index contributed by atoms with van der Waals surface area (Å²) in [6, 6.07) is 5.28. The molecule has 0 saturated heterocycles. The van der Waals surface area contributed by atoms with E-state index in [1.165, 1.54) is 36.0 Å². The van der Waals surface area contributed by atoms with Crippen molar-refractivity contribution in [3.8, 4) is 5.75 Å². The Morgan fingerprint density at radius 1 is 1.22 bits per heavy atom. The third-order valence-corrected chi connectivity index (χ3v) is 3.44. The maximum atomic E-state index is 5.88. The summed E-state index contributed by atoms with van der Waals surface area (Å²) in [5, 5.41) is 3.56. The summed E-state index contributed by atoms with van der Waals surface area (Å²) in [5.74, 6) is 1.08. The van der Waals surface area contributed by atoms with E-state index >= 15 is 0 Å². The molecule has 0 radical (unpaired) electrons. The highest BCUT2D eigenvalue weighted by molar-refractivity contribution is 5.43. The lowest BCUT2D eigenvalue weighted by Gasteiger charge is -2.14. The Bertz CT molecular complexity index is 373. The smallest absolute Gasteiger partial charge is 0.125 e. The van der Waals surface area contributed by atoms with Gasteiger partial charge in [0.25, 0.3) is 0 Å². The third-order valence-electron chi connectivity index (χ3n) is 3.44. The normalized spacial score (nSPS) is 14.8. The number of nitrogens with one attached hydrogen (secondary N) is 1. The zero-order chi connectivity index (χ0) is 13.0. The van der Waals surface area contributed by atoms with Crippen molar-refractivity contribution in [3.63, 3.8) is 0 Å². The first-order valence-electron chi connectivity index (χ1n) is 7.17. The van der Waals surface area contributed by atoms with E-state index in [0.717, 1.165) is 31.4 Å². The highest BCUT2D eigenvalue weighted by atomic mass is 16.5. The van der Waals surface area contributed by atoms with E-state index in [4.69, 9.17) is 4.74 Å². The molecule has 0 aliphatic heterocycles. The number of hydrogen-bond acceptors (Lipinski definition) is 2. The predicted octanol–water partition coefficient (Wildman–Crippen LogP) is 3.73. The van der Waals surface area contributed by atoms with Crippen molar-refractivity contribution in [3.05, 3.63) is 28.8 Å². The first-order chi connectivity index (χ1) is 8.70. The fourth-order valence-electron chi connectivity index (χ4n) is 2.24. The first-order valence-corrected chi connectivity index (χ1v) is 7.17. The second kappa shape index (κ2) is 6.24. The van der Waals surface area contributed by atoms with Crippen molar-refractivity contribution in [2.24, 2.45) is 0 Å². The van der Waals surface area contributed by atoms with Crippen molar-refractivity contribution in [1.82, 2.24) is 5.32 Å². The van der Waals surface area contributed by atoms with E-state index in [0.29, 0.717) is 0 Å². The van der Waals surface area contributed by atoms with Crippen LogP contribution in [0.4, 0.5) is 0 Å². The lowest BCUT2D eigenvalue weighted by atomic mass is 10.1. The Hall–Kier alpha value is -1.02. The second-order valence-corrected chi connectivity index (χ2v) is 5.42. The molecule has 2 rings (SSSR count). The lowest BCUT2D eigenvalue weighted by Crippen LogP contribution is -2.15. The third kappa shape index (κ3) is 3.74. The molecule has 1 aliphatic rings. The molecule has 1 aromatic carbocycles. The van der Waals surface area contributed by atoms with Gasteiger partial charge in [-0.25, -0.2) is 0 Å². The summed E-state index contributed by atoms with van der Waals surface area (Å²) >= 11 is 0. The van der Waals surface area contributed by atoms with Crippen LogP contribution >= 0.6 is 0 Å². The quantitative estimate of drug-likeness (QED) is 0.741. The molecule has 2 nitrogen and oxygen atoms in total. The number of hydrogen-bond donors (Lipinski definition) is 1. The van der Waals surface area contributed by atoms with Gasteiger partial charge in [-0.2, -0.15) is 0 Å². The maximum absolute atomic E-state index is 5.88. The number of ether oxygens (including phenoxy) is 1. The minimum atomic E-state index is 0.770. The zero-order valence-electron chi connectivity index (χ0n) is 11.9. The van der Waals surface area contributed by atoms with Crippen molar-refractivity contribution in [2.75, 3.05) is 6.61 Å². The predicted molar refractivity (Wildman–Crippen MR) is 76.2 cm³/mol. The monoisotopic (exact) mass is 247 g/mol. The molecule has 0 amide bonds. The minimum Gasteiger partial charge on any atom is -0.493 e. The van der Waals surface area contributed by atoms with Crippen LogP contribution in [0.5, 0.6) is 5.75 Å². The van der Waals surface area contributed by atoms with Gasteiger partial charge in [0.15, 0.2) is 0 Å². The molecule has 100 valence electrons. The van der Waals surface area contributed by atoms with E-state index in [1.54, 1.807) is 0 Å². The van der Waals surface area contributed by atoms with Gasteiger partial charge in [0, 0.05) is 12.6 Å². The number of aryl methyl sites for hydroxylation is 2. The second-order valence-electron chi connectivity index (χ2n) is 5.42. The van der Waals surface area contributed by atoms with Crippen molar-refractivity contribution in [2.45, 2.75) is 59.0 Å². The number of benzene rings is 1. The summed E-state index contributed by atoms with van der Waals surface area (Å²) in [6.07, 6.45) is 5.00. The molecule has 0 aromatic heterocycles. The zero-order valence-corrected chi connectivity index (χ0v) is 11.9. The summed E-state index contributed by atoms with van der Waals surface area (Å²) in [6.45, 7) is 8.30. The molecule has 0 bridgehead atoms. The number of unbranched alkanes of at least 4 members (excludes halogenated alkanes) is 1. The van der Waals surface area contributed by atoms with Gasteiger partial charge in [-0.3, -0.25) is 0 Å². The van der Waals surface area contributed by atoms with E-state index in [1.807, 2.05) is 0 Å². The summed E-state index contributed by atoms with van der Waals surface area (Å²) in [4.78, 5) is 0. The van der Waals surface area contributed by atoms with Gasteiger partial charge in [0.05, 0.1) is 6.61 Å². The Morgan fingerprint density at radius 3 is 2.44 bits per heavy atom. The molecule has 1 N–H and O–H groups in total. The van der Waals surface area contributed by atoms with Crippen LogP contribution in [0.3, 0.4) is 0 Å². The van der Waals surface area contributed by atoms with Crippen LogP contribution in [0, 0.1) is 13.8 Å². The molecule has 0 spiro atoms. The Balaban J connectivity index is 1.97. The van der Waals surface area contributed by atoms with Crippen LogP contribution in [-0.2, 0) is 6.54 Å². The van der Waals surface area contributed by atoms with Gasteiger partial charge in [-0.1, -0.05) is 25.5 Å². The van der Waals surface area contributed by atoms with Crippen LogP contribution in [-0.4, -0.2) is 12.6 Å². The molecule has 1 aliphatic carbocycles. The summed E-state index contributed by atoms with van der Waals surface area (Å²) in [5.41, 5.74) is 3.90. The molecule has 1 aromatic rings. The molecule has 0 unspecified atom stereocenters. The van der Waals surface area contributed by atoms with E-state index in [9.17, 15) is 0 Å². The average Bonchev–Trinajstić information content (AvgIpc) is 3.14. The number of rotatable bonds is 7. The molecule has 0 heterocycles. The van der Waals surface area contributed by atoms with E-state index in [2.05, 4.69) is 38.2 Å². The summed E-state index contributed by atoms with van der Waals surface area (Å²) in [7, 11) is 0. The van der Waals surface area contributed by atoms with Gasteiger partial charge in [-0.15, -0.1) is 0 Å². The Kier molecular flexibility index (Phi) is 4.65. The van der Waals surface area contributed by atoms with Crippen molar-refractivity contribution >= 4 is 0 Å². The highest BCUT2D eigenvalue weighted by Gasteiger charge is 2.20. The van der Waals surface area contributed by atoms with Gasteiger partial charge in [-0.05, 0) is 49.8 Å². The minimum absolute atomic E-state index is 0.770. The van der Waals surface area contributed by atoms with Crippen LogP contribution < -0.4 is 10.1 Å². The maximum Gasteiger partial charge on any atom is 0.125 e. The summed E-state index contributed by atoms with van der Waals surface area (Å²) < 4.78 is 5.88. The van der Waals surface area contributed by atoms with Crippen molar-refractivity contribution in [1.29, 1.82) is 0 Å². The van der Waals surface area contributed by atoms with Crippen LogP contribution in [0.25, 0.3) is 0 Å². The first kappa shape index (κ1) is 13.4. The lowest BCUT2D eigenvalue weighted by molar-refractivity contribution is 0.305. The highest BCUT2D eigenvalue weighted by Crippen LogP contribution is 2.26. The van der Waals surface area contributed by atoms with E-state index < -0.39 is 0 Å².